The van der Waals surface area contributed by atoms with E-state index in [1.165, 1.54) is 6.07 Å². The van der Waals surface area contributed by atoms with Gasteiger partial charge in [0.2, 0.25) is 5.91 Å². The number of hydrogen-bond acceptors (Lipinski definition) is 2. The maximum atomic E-state index is 13.4. The second-order valence-corrected chi connectivity index (χ2v) is 5.50. The normalized spacial score (nSPS) is 10.4. The third kappa shape index (κ3) is 4.27. The number of hydrogen-bond donors (Lipinski definition) is 1. The van der Waals surface area contributed by atoms with Gasteiger partial charge in [-0.25, -0.2) is 8.78 Å². The van der Waals surface area contributed by atoms with Crippen LogP contribution in [-0.2, 0) is 11.2 Å². The zero-order chi connectivity index (χ0) is 16.1. The molecule has 0 radical (unpaired) electrons. The summed E-state index contributed by atoms with van der Waals surface area (Å²) in [4.78, 5) is 11.8. The number of ether oxygens (including phenoxy) is 1. The van der Waals surface area contributed by atoms with E-state index in [4.69, 9.17) is 4.74 Å². The van der Waals surface area contributed by atoms with Crippen LogP contribution in [0, 0.1) is 11.6 Å². The van der Waals surface area contributed by atoms with Gasteiger partial charge >= 0.3 is 0 Å². The van der Waals surface area contributed by atoms with Gasteiger partial charge in [-0.15, -0.1) is 0 Å². The minimum absolute atomic E-state index is 0.0256. The predicted molar refractivity (Wildman–Crippen MR) is 84.0 cm³/mol. The quantitative estimate of drug-likeness (QED) is 0.852. The topological polar surface area (TPSA) is 38.3 Å². The zero-order valence-corrected chi connectivity index (χ0v) is 13.4. The van der Waals surface area contributed by atoms with Crippen molar-refractivity contribution >= 4 is 27.5 Å². The first-order valence-electron chi connectivity index (χ1n) is 6.57. The minimum Gasteiger partial charge on any atom is -0.496 e. The molecule has 0 aliphatic rings. The number of aryl methyl sites for hydroxylation is 1. The van der Waals surface area contributed by atoms with Gasteiger partial charge in [0.15, 0.2) is 0 Å². The van der Waals surface area contributed by atoms with Gasteiger partial charge in [-0.2, -0.15) is 0 Å². The fraction of sp³-hybridized carbons (Fsp3) is 0.188. The number of nitrogens with one attached hydrogen (secondary N) is 1. The molecule has 1 N–H and O–H groups in total. The lowest BCUT2D eigenvalue weighted by molar-refractivity contribution is -0.116. The van der Waals surface area contributed by atoms with Crippen molar-refractivity contribution < 1.29 is 18.3 Å². The number of carbonyl (C=O) groups excluding carboxylic acids is 1. The molecule has 6 heteroatoms. The highest BCUT2D eigenvalue weighted by Crippen LogP contribution is 2.26. The van der Waals surface area contributed by atoms with Crippen molar-refractivity contribution in [2.75, 3.05) is 12.4 Å². The molecule has 0 atom stereocenters. The molecular weight excluding hydrogens is 356 g/mol. The van der Waals surface area contributed by atoms with Crippen molar-refractivity contribution in [1.82, 2.24) is 0 Å². The second-order valence-electron chi connectivity index (χ2n) is 4.64. The van der Waals surface area contributed by atoms with Crippen LogP contribution < -0.4 is 10.1 Å². The first-order valence-corrected chi connectivity index (χ1v) is 7.36. The molecule has 0 aliphatic heterocycles. The van der Waals surface area contributed by atoms with Crippen LogP contribution in [0.25, 0.3) is 0 Å². The molecule has 0 unspecified atom stereocenters. The molecule has 1 amide bonds. The van der Waals surface area contributed by atoms with Gasteiger partial charge in [0.1, 0.15) is 17.4 Å². The van der Waals surface area contributed by atoms with Crippen molar-refractivity contribution in [2.24, 2.45) is 0 Å². The van der Waals surface area contributed by atoms with Gasteiger partial charge in [-0.1, -0.05) is 6.07 Å². The van der Waals surface area contributed by atoms with Gasteiger partial charge in [0.25, 0.3) is 0 Å². The van der Waals surface area contributed by atoms with Crippen LogP contribution in [0.4, 0.5) is 14.5 Å². The summed E-state index contributed by atoms with van der Waals surface area (Å²) in [5, 5.41) is 2.43. The van der Waals surface area contributed by atoms with E-state index in [2.05, 4.69) is 21.2 Å². The molecule has 2 aromatic carbocycles. The van der Waals surface area contributed by atoms with Crippen LogP contribution in [0.5, 0.6) is 5.75 Å². The Morgan fingerprint density at radius 1 is 1.23 bits per heavy atom. The highest BCUT2D eigenvalue weighted by Gasteiger charge is 2.09. The molecule has 0 fully saturated rings. The fourth-order valence-corrected chi connectivity index (χ4v) is 2.51. The summed E-state index contributed by atoms with van der Waals surface area (Å²) in [6.45, 7) is 0. The number of anilines is 1. The van der Waals surface area contributed by atoms with E-state index < -0.39 is 11.6 Å². The molecule has 0 heterocycles. The Kier molecular flexibility index (Phi) is 5.49. The van der Waals surface area contributed by atoms with Crippen LogP contribution in [0.1, 0.15) is 12.0 Å². The lowest BCUT2D eigenvalue weighted by atomic mass is 10.1. The number of rotatable bonds is 5. The van der Waals surface area contributed by atoms with Crippen molar-refractivity contribution in [3.05, 3.63) is 58.1 Å². The summed E-state index contributed by atoms with van der Waals surface area (Å²) in [5.74, 6) is -1.10. The summed E-state index contributed by atoms with van der Waals surface area (Å²) < 4.78 is 32.2. The van der Waals surface area contributed by atoms with E-state index in [1.807, 2.05) is 12.1 Å². The van der Waals surface area contributed by atoms with Gasteiger partial charge in [0.05, 0.1) is 17.3 Å². The summed E-state index contributed by atoms with van der Waals surface area (Å²) in [6.07, 6.45) is 0.687. The average Bonchev–Trinajstić information content (AvgIpc) is 2.48. The Hall–Kier alpha value is -1.95. The largest absolute Gasteiger partial charge is 0.496 e. The standard InChI is InChI=1S/C16H14BrF2NO2/c1-22-15-6-2-10(8-12(15)17)3-7-16(21)20-14-5-4-11(18)9-13(14)19/h2,4-6,8-9H,3,7H2,1H3,(H,20,21). The van der Waals surface area contributed by atoms with Crippen LogP contribution in [0.2, 0.25) is 0 Å². The SMILES string of the molecule is COc1ccc(CCC(=O)Nc2ccc(F)cc2F)cc1Br. The molecule has 0 saturated carbocycles. The summed E-state index contributed by atoms with van der Waals surface area (Å²) in [5.41, 5.74) is 0.921. The van der Waals surface area contributed by atoms with Crippen LogP contribution in [0.3, 0.4) is 0 Å². The first-order chi connectivity index (χ1) is 10.5. The molecular formula is C16H14BrF2NO2. The molecule has 0 aliphatic carbocycles. The molecule has 2 rings (SSSR count). The minimum atomic E-state index is -0.791. The number of methoxy groups -OCH3 is 1. The maximum absolute atomic E-state index is 13.4. The monoisotopic (exact) mass is 369 g/mol. The van der Waals surface area contributed by atoms with Gasteiger partial charge in [-0.3, -0.25) is 4.79 Å². The summed E-state index contributed by atoms with van der Waals surface area (Å²) in [6, 6.07) is 8.55. The van der Waals surface area contributed by atoms with E-state index in [1.54, 1.807) is 13.2 Å². The van der Waals surface area contributed by atoms with E-state index in [0.29, 0.717) is 12.2 Å². The zero-order valence-electron chi connectivity index (χ0n) is 11.8. The predicted octanol–water partition coefficient (Wildman–Crippen LogP) is 4.31. The van der Waals surface area contributed by atoms with E-state index >= 15 is 0 Å². The van der Waals surface area contributed by atoms with Crippen molar-refractivity contribution in [3.8, 4) is 5.75 Å². The maximum Gasteiger partial charge on any atom is 0.224 e. The Morgan fingerprint density at radius 2 is 2.00 bits per heavy atom. The molecule has 0 aromatic heterocycles. The second kappa shape index (κ2) is 7.35. The summed E-state index contributed by atoms with van der Waals surface area (Å²) >= 11 is 3.37. The number of benzene rings is 2. The van der Waals surface area contributed by atoms with Gasteiger partial charge < -0.3 is 10.1 Å². The van der Waals surface area contributed by atoms with E-state index in [-0.39, 0.29) is 18.0 Å². The lowest BCUT2D eigenvalue weighted by Crippen LogP contribution is -2.13. The van der Waals surface area contributed by atoms with Crippen molar-refractivity contribution in [2.45, 2.75) is 12.8 Å². The first kappa shape index (κ1) is 16.4. The smallest absolute Gasteiger partial charge is 0.224 e. The van der Waals surface area contributed by atoms with E-state index in [0.717, 1.165) is 22.2 Å². The number of amides is 1. The van der Waals surface area contributed by atoms with Gasteiger partial charge in [-0.05, 0) is 52.2 Å². The molecule has 0 spiro atoms. The number of carbonyl (C=O) groups is 1. The van der Waals surface area contributed by atoms with E-state index in [9.17, 15) is 13.6 Å². The molecule has 2 aromatic rings. The van der Waals surface area contributed by atoms with Crippen molar-refractivity contribution in [1.29, 1.82) is 0 Å². The lowest BCUT2D eigenvalue weighted by Gasteiger charge is -2.08. The van der Waals surface area contributed by atoms with Crippen LogP contribution in [-0.4, -0.2) is 13.0 Å². The molecule has 116 valence electrons. The highest BCUT2D eigenvalue weighted by molar-refractivity contribution is 9.10. The molecule has 0 bridgehead atoms. The third-order valence-electron chi connectivity index (χ3n) is 3.06. The number of halogens is 3. The van der Waals surface area contributed by atoms with Crippen LogP contribution in [0.15, 0.2) is 40.9 Å². The third-order valence-corrected chi connectivity index (χ3v) is 3.68. The Morgan fingerprint density at radius 3 is 2.64 bits per heavy atom. The Labute approximate surface area is 135 Å². The van der Waals surface area contributed by atoms with Crippen molar-refractivity contribution in [3.63, 3.8) is 0 Å². The highest BCUT2D eigenvalue weighted by atomic mass is 79.9. The summed E-state index contributed by atoms with van der Waals surface area (Å²) in [7, 11) is 1.57. The Balaban J connectivity index is 1.94. The Bertz CT molecular complexity index is 692. The molecule has 0 saturated heterocycles. The molecule has 22 heavy (non-hydrogen) atoms. The fourth-order valence-electron chi connectivity index (χ4n) is 1.93. The van der Waals surface area contributed by atoms with Gasteiger partial charge in [0, 0.05) is 12.5 Å². The van der Waals surface area contributed by atoms with Crippen LogP contribution >= 0.6 is 15.9 Å². The molecule has 3 nitrogen and oxygen atoms in total. The average molecular weight is 370 g/mol.